The fourth-order valence-corrected chi connectivity index (χ4v) is 2.21. The lowest BCUT2D eigenvalue weighted by molar-refractivity contribution is -0.394. The van der Waals surface area contributed by atoms with Crippen molar-refractivity contribution in [2.24, 2.45) is 5.10 Å². The molecule has 0 spiro atoms. The summed E-state index contributed by atoms with van der Waals surface area (Å²) in [5, 5.41) is 25.4. The Morgan fingerprint density at radius 3 is 2.08 bits per heavy atom. The van der Waals surface area contributed by atoms with Crippen LogP contribution in [0, 0.1) is 20.2 Å². The number of likely N-dealkylation sites (tertiary alicyclic amines) is 1. The zero-order valence-electron chi connectivity index (χ0n) is 13.5. The van der Waals surface area contributed by atoms with Gasteiger partial charge in [0.1, 0.15) is 0 Å². The van der Waals surface area contributed by atoms with Gasteiger partial charge in [-0.25, -0.2) is 5.43 Å². The van der Waals surface area contributed by atoms with E-state index in [2.05, 4.69) is 10.5 Å². The summed E-state index contributed by atoms with van der Waals surface area (Å²) in [6.45, 7) is 1.36. The molecule has 0 unspecified atom stereocenters. The average Bonchev–Trinajstić information content (AvgIpc) is 2.91. The van der Waals surface area contributed by atoms with Crippen molar-refractivity contribution >= 4 is 34.8 Å². The predicted molar refractivity (Wildman–Crippen MR) is 86.3 cm³/mol. The van der Waals surface area contributed by atoms with E-state index in [4.69, 9.17) is 0 Å². The smallest absolute Gasteiger partial charge is 0.277 e. The summed E-state index contributed by atoms with van der Waals surface area (Å²) in [5.74, 6) is -1.59. The highest BCUT2D eigenvalue weighted by Crippen LogP contribution is 2.22. The summed E-state index contributed by atoms with van der Waals surface area (Å²) in [4.78, 5) is 56.0. The van der Waals surface area contributed by atoms with Crippen LogP contribution in [0.2, 0.25) is 0 Å². The SMILES string of the molecule is CC(CN1C(=O)CCC1=O)=NNC(=O)c1cc([N+](=O)[O-])cc([N+](=O)[O-])c1. The van der Waals surface area contributed by atoms with Crippen LogP contribution in [-0.2, 0) is 9.59 Å². The van der Waals surface area contributed by atoms with Gasteiger partial charge >= 0.3 is 0 Å². The number of nitrogens with zero attached hydrogens (tertiary/aromatic N) is 4. The molecule has 0 aliphatic carbocycles. The number of carbonyl (C=O) groups excluding carboxylic acids is 3. The molecule has 0 radical (unpaired) electrons. The van der Waals surface area contributed by atoms with Crippen molar-refractivity contribution in [1.82, 2.24) is 10.3 Å². The van der Waals surface area contributed by atoms with Gasteiger partial charge in [-0.1, -0.05) is 0 Å². The van der Waals surface area contributed by atoms with Crippen molar-refractivity contribution < 1.29 is 24.2 Å². The molecular weight excluding hydrogens is 350 g/mol. The molecule has 1 aromatic carbocycles. The highest BCUT2D eigenvalue weighted by Gasteiger charge is 2.29. The van der Waals surface area contributed by atoms with E-state index in [0.29, 0.717) is 0 Å². The molecule has 1 aliphatic rings. The number of hydrogen-bond donors (Lipinski definition) is 1. The average molecular weight is 363 g/mol. The third-order valence-corrected chi connectivity index (χ3v) is 3.48. The van der Waals surface area contributed by atoms with Gasteiger partial charge in [0.05, 0.1) is 33.7 Å². The first kappa shape index (κ1) is 18.6. The molecular formula is C14H13N5O7. The second kappa shape index (κ2) is 7.46. The standard InChI is InChI=1S/C14H13N5O7/c1-8(7-17-12(20)2-3-13(17)21)15-16-14(22)9-4-10(18(23)24)6-11(5-9)19(25)26/h4-6H,2-3,7H2,1H3,(H,16,22). The number of nitro groups is 2. The van der Waals surface area contributed by atoms with Crippen molar-refractivity contribution in [2.45, 2.75) is 19.8 Å². The number of non-ortho nitro benzene ring substituents is 2. The van der Waals surface area contributed by atoms with E-state index >= 15 is 0 Å². The molecule has 1 fully saturated rings. The zero-order chi connectivity index (χ0) is 19.4. The molecule has 2 rings (SSSR count). The summed E-state index contributed by atoms with van der Waals surface area (Å²) in [5.41, 5.74) is 0.778. The summed E-state index contributed by atoms with van der Waals surface area (Å²) < 4.78 is 0. The summed E-state index contributed by atoms with van der Waals surface area (Å²) >= 11 is 0. The normalized spacial score (nSPS) is 14.5. The fraction of sp³-hybridized carbons (Fsp3) is 0.286. The minimum absolute atomic E-state index is 0.104. The maximum absolute atomic E-state index is 12.1. The van der Waals surface area contributed by atoms with Crippen LogP contribution in [0.25, 0.3) is 0 Å². The van der Waals surface area contributed by atoms with E-state index < -0.39 is 27.1 Å². The number of hydrogen-bond acceptors (Lipinski definition) is 8. The molecule has 1 heterocycles. The minimum Gasteiger partial charge on any atom is -0.277 e. The van der Waals surface area contributed by atoms with E-state index in [-0.39, 0.29) is 42.5 Å². The summed E-state index contributed by atoms with van der Waals surface area (Å²) in [6, 6.07) is 2.48. The number of carbonyl (C=O) groups is 3. The number of nitro benzene ring substituents is 2. The minimum atomic E-state index is -0.907. The number of hydrazone groups is 1. The number of imide groups is 1. The maximum atomic E-state index is 12.1. The molecule has 0 saturated carbocycles. The van der Waals surface area contributed by atoms with Crippen molar-refractivity contribution in [3.63, 3.8) is 0 Å². The summed E-state index contributed by atoms with van der Waals surface area (Å²) in [6.07, 6.45) is 0.242. The van der Waals surface area contributed by atoms with Gasteiger partial charge < -0.3 is 0 Å². The van der Waals surface area contributed by atoms with Gasteiger partial charge in [-0.3, -0.25) is 39.5 Å². The second-order valence-electron chi connectivity index (χ2n) is 5.41. The number of amides is 3. The van der Waals surface area contributed by atoms with Crippen LogP contribution in [0.15, 0.2) is 23.3 Å². The van der Waals surface area contributed by atoms with Crippen LogP contribution in [0.1, 0.15) is 30.1 Å². The van der Waals surface area contributed by atoms with Crippen LogP contribution < -0.4 is 5.43 Å². The molecule has 1 aliphatic heterocycles. The van der Waals surface area contributed by atoms with Crippen molar-refractivity contribution in [3.8, 4) is 0 Å². The highest BCUT2D eigenvalue weighted by molar-refractivity contribution is 6.05. The first-order valence-electron chi connectivity index (χ1n) is 7.29. The lowest BCUT2D eigenvalue weighted by Gasteiger charge is -2.13. The van der Waals surface area contributed by atoms with Crippen LogP contribution in [0.4, 0.5) is 11.4 Å². The molecule has 1 saturated heterocycles. The Labute approximate surface area is 145 Å². The third-order valence-electron chi connectivity index (χ3n) is 3.48. The lowest BCUT2D eigenvalue weighted by Crippen LogP contribution is -2.34. The molecule has 1 N–H and O–H groups in total. The van der Waals surface area contributed by atoms with E-state index in [9.17, 15) is 34.6 Å². The van der Waals surface area contributed by atoms with Gasteiger partial charge in [-0.2, -0.15) is 5.10 Å². The van der Waals surface area contributed by atoms with E-state index in [1.807, 2.05) is 0 Å². The Bertz CT molecular complexity index is 800. The Kier molecular flexibility index (Phi) is 5.35. The van der Waals surface area contributed by atoms with Crippen LogP contribution >= 0.6 is 0 Å². The van der Waals surface area contributed by atoms with Gasteiger partial charge in [0.15, 0.2) is 0 Å². The van der Waals surface area contributed by atoms with Crippen molar-refractivity contribution in [1.29, 1.82) is 0 Å². The molecule has 3 amide bonds. The van der Waals surface area contributed by atoms with Crippen molar-refractivity contribution in [2.75, 3.05) is 6.54 Å². The Hall–Kier alpha value is -3.70. The van der Waals surface area contributed by atoms with Gasteiger partial charge in [-0.05, 0) is 6.92 Å². The molecule has 0 aromatic heterocycles. The van der Waals surface area contributed by atoms with Crippen LogP contribution in [-0.4, -0.2) is 44.7 Å². The lowest BCUT2D eigenvalue weighted by atomic mass is 10.1. The summed E-state index contributed by atoms with van der Waals surface area (Å²) in [7, 11) is 0. The Morgan fingerprint density at radius 1 is 1.12 bits per heavy atom. The zero-order valence-corrected chi connectivity index (χ0v) is 13.5. The van der Waals surface area contributed by atoms with E-state index in [1.54, 1.807) is 0 Å². The predicted octanol–water partition coefficient (Wildman–Crippen LogP) is 0.758. The van der Waals surface area contributed by atoms with Gasteiger partial charge in [-0.15, -0.1) is 0 Å². The topological polar surface area (TPSA) is 165 Å². The van der Waals surface area contributed by atoms with E-state index in [0.717, 1.165) is 23.1 Å². The maximum Gasteiger partial charge on any atom is 0.277 e. The first-order chi connectivity index (χ1) is 12.2. The van der Waals surface area contributed by atoms with Crippen LogP contribution in [0.5, 0.6) is 0 Å². The van der Waals surface area contributed by atoms with Crippen LogP contribution in [0.3, 0.4) is 0 Å². The number of nitrogens with one attached hydrogen (secondary N) is 1. The van der Waals surface area contributed by atoms with Gasteiger partial charge in [0.2, 0.25) is 11.8 Å². The Morgan fingerprint density at radius 2 is 1.62 bits per heavy atom. The number of rotatable bonds is 6. The molecule has 0 bridgehead atoms. The highest BCUT2D eigenvalue weighted by atomic mass is 16.6. The molecule has 26 heavy (non-hydrogen) atoms. The first-order valence-corrected chi connectivity index (χ1v) is 7.29. The van der Waals surface area contributed by atoms with Gasteiger partial charge in [0, 0.05) is 25.0 Å². The molecule has 1 aromatic rings. The van der Waals surface area contributed by atoms with Crippen molar-refractivity contribution in [3.05, 3.63) is 44.0 Å². The third kappa shape index (κ3) is 4.23. The fourth-order valence-electron chi connectivity index (χ4n) is 2.21. The number of benzene rings is 1. The largest absolute Gasteiger partial charge is 0.277 e. The second-order valence-corrected chi connectivity index (χ2v) is 5.41. The van der Waals surface area contributed by atoms with E-state index in [1.165, 1.54) is 6.92 Å². The monoisotopic (exact) mass is 363 g/mol. The molecule has 12 heteroatoms. The Balaban J connectivity index is 2.14. The van der Waals surface area contributed by atoms with Gasteiger partial charge in [0.25, 0.3) is 17.3 Å². The molecule has 136 valence electrons. The molecule has 12 nitrogen and oxygen atoms in total. The quantitative estimate of drug-likeness (QED) is 0.337. The molecule has 0 atom stereocenters.